The number of rotatable bonds is 1. The van der Waals surface area contributed by atoms with Gasteiger partial charge in [0.15, 0.2) is 0 Å². The molecule has 0 radical (unpaired) electrons. The van der Waals surface area contributed by atoms with Gasteiger partial charge in [0.1, 0.15) is 0 Å². The summed E-state index contributed by atoms with van der Waals surface area (Å²) in [5.74, 6) is 1.06. The molecular weight excluding hydrogens is 174 g/mol. The topological polar surface area (TPSA) is 29.9 Å². The second-order valence-corrected chi connectivity index (χ2v) is 4.32. The standard InChI is InChI=1S/C11H19N3/c1-5-10-9(4)13-11-12-7(2)6-8(3)14(10)11/h7-8H,5-6H2,1-4H3,(H,12,13). The SMILES string of the molecule is CCc1c(C)nc2n1C(C)CC(C)N2. The van der Waals surface area contributed by atoms with E-state index in [1.807, 2.05) is 0 Å². The number of anilines is 1. The molecule has 0 saturated heterocycles. The van der Waals surface area contributed by atoms with Crippen molar-refractivity contribution in [1.82, 2.24) is 9.55 Å². The summed E-state index contributed by atoms with van der Waals surface area (Å²) in [4.78, 5) is 4.57. The zero-order chi connectivity index (χ0) is 10.3. The average molecular weight is 193 g/mol. The van der Waals surface area contributed by atoms with Crippen molar-refractivity contribution in [1.29, 1.82) is 0 Å². The van der Waals surface area contributed by atoms with Crippen LogP contribution in [0.1, 0.15) is 44.6 Å². The lowest BCUT2D eigenvalue weighted by atomic mass is 10.1. The Labute approximate surface area is 85.5 Å². The van der Waals surface area contributed by atoms with Crippen LogP contribution < -0.4 is 5.32 Å². The molecule has 2 unspecified atom stereocenters. The van der Waals surface area contributed by atoms with Crippen LogP contribution in [0.2, 0.25) is 0 Å². The van der Waals surface area contributed by atoms with Gasteiger partial charge in [0.2, 0.25) is 5.95 Å². The lowest BCUT2D eigenvalue weighted by Gasteiger charge is -2.29. The number of nitrogens with zero attached hydrogens (tertiary/aromatic N) is 2. The van der Waals surface area contributed by atoms with Gasteiger partial charge in [-0.25, -0.2) is 4.98 Å². The average Bonchev–Trinajstić information content (AvgIpc) is 2.40. The van der Waals surface area contributed by atoms with Crippen LogP contribution >= 0.6 is 0 Å². The summed E-state index contributed by atoms with van der Waals surface area (Å²) in [5.41, 5.74) is 2.56. The minimum Gasteiger partial charge on any atom is -0.353 e. The van der Waals surface area contributed by atoms with Crippen LogP contribution in [0.3, 0.4) is 0 Å². The molecule has 2 heterocycles. The highest BCUT2D eigenvalue weighted by atomic mass is 15.3. The highest BCUT2D eigenvalue weighted by Crippen LogP contribution is 2.29. The smallest absolute Gasteiger partial charge is 0.203 e. The van der Waals surface area contributed by atoms with Crippen LogP contribution in [0, 0.1) is 6.92 Å². The molecule has 0 fully saturated rings. The van der Waals surface area contributed by atoms with E-state index in [4.69, 9.17) is 0 Å². The predicted molar refractivity (Wildman–Crippen MR) is 58.8 cm³/mol. The maximum Gasteiger partial charge on any atom is 0.203 e. The van der Waals surface area contributed by atoms with Crippen LogP contribution in [0.15, 0.2) is 0 Å². The molecule has 0 aliphatic carbocycles. The summed E-state index contributed by atoms with van der Waals surface area (Å²) >= 11 is 0. The number of aryl methyl sites for hydroxylation is 1. The minimum absolute atomic E-state index is 0.545. The third kappa shape index (κ3) is 1.31. The predicted octanol–water partition coefficient (Wildman–Crippen LogP) is 2.52. The van der Waals surface area contributed by atoms with Gasteiger partial charge in [-0.1, -0.05) is 6.92 Å². The lowest BCUT2D eigenvalue weighted by molar-refractivity contribution is 0.438. The summed E-state index contributed by atoms with van der Waals surface area (Å²) in [5, 5.41) is 3.44. The van der Waals surface area contributed by atoms with Crippen molar-refractivity contribution in [2.45, 2.75) is 52.6 Å². The van der Waals surface area contributed by atoms with Crippen LogP contribution in [0.5, 0.6) is 0 Å². The molecule has 2 atom stereocenters. The van der Waals surface area contributed by atoms with E-state index in [0.717, 1.165) is 12.4 Å². The summed E-state index contributed by atoms with van der Waals surface area (Å²) in [6.45, 7) is 8.79. The van der Waals surface area contributed by atoms with Gasteiger partial charge in [-0.2, -0.15) is 0 Å². The third-order valence-corrected chi connectivity index (χ3v) is 3.06. The first-order chi connectivity index (χ1) is 6.63. The second kappa shape index (κ2) is 3.30. The maximum absolute atomic E-state index is 4.57. The summed E-state index contributed by atoms with van der Waals surface area (Å²) < 4.78 is 2.36. The zero-order valence-corrected chi connectivity index (χ0v) is 9.46. The van der Waals surface area contributed by atoms with Crippen LogP contribution in [-0.2, 0) is 6.42 Å². The molecule has 0 saturated carbocycles. The molecule has 0 aromatic carbocycles. The lowest BCUT2D eigenvalue weighted by Crippen LogP contribution is -2.29. The number of hydrogen-bond acceptors (Lipinski definition) is 2. The van der Waals surface area contributed by atoms with E-state index in [1.54, 1.807) is 0 Å². The van der Waals surface area contributed by atoms with Crippen LogP contribution in [0.4, 0.5) is 5.95 Å². The van der Waals surface area contributed by atoms with Crippen molar-refractivity contribution in [2.75, 3.05) is 5.32 Å². The monoisotopic (exact) mass is 193 g/mol. The Balaban J connectivity index is 2.48. The molecule has 1 N–H and O–H groups in total. The van der Waals surface area contributed by atoms with E-state index in [2.05, 4.69) is 42.6 Å². The van der Waals surface area contributed by atoms with E-state index < -0.39 is 0 Å². The molecule has 1 aliphatic heterocycles. The third-order valence-electron chi connectivity index (χ3n) is 3.06. The summed E-state index contributed by atoms with van der Waals surface area (Å²) in [6.07, 6.45) is 2.26. The number of fused-ring (bicyclic) bond motifs is 1. The van der Waals surface area contributed by atoms with Gasteiger partial charge >= 0.3 is 0 Å². The van der Waals surface area contributed by atoms with Gasteiger partial charge in [-0.15, -0.1) is 0 Å². The Morgan fingerprint density at radius 3 is 2.86 bits per heavy atom. The maximum atomic E-state index is 4.57. The molecular formula is C11H19N3. The number of nitrogens with one attached hydrogen (secondary N) is 1. The van der Waals surface area contributed by atoms with Crippen molar-refractivity contribution in [3.05, 3.63) is 11.4 Å². The Morgan fingerprint density at radius 1 is 1.50 bits per heavy atom. The first-order valence-electron chi connectivity index (χ1n) is 5.47. The fourth-order valence-corrected chi connectivity index (χ4v) is 2.48. The van der Waals surface area contributed by atoms with Crippen molar-refractivity contribution in [3.63, 3.8) is 0 Å². The van der Waals surface area contributed by atoms with Crippen molar-refractivity contribution >= 4 is 5.95 Å². The quantitative estimate of drug-likeness (QED) is 0.742. The molecule has 14 heavy (non-hydrogen) atoms. The zero-order valence-electron chi connectivity index (χ0n) is 9.46. The van der Waals surface area contributed by atoms with Crippen LogP contribution in [0.25, 0.3) is 0 Å². The molecule has 0 amide bonds. The highest BCUT2D eigenvalue weighted by Gasteiger charge is 2.24. The van der Waals surface area contributed by atoms with E-state index in [0.29, 0.717) is 12.1 Å². The summed E-state index contributed by atoms with van der Waals surface area (Å²) in [7, 11) is 0. The molecule has 2 rings (SSSR count). The van der Waals surface area contributed by atoms with E-state index in [1.165, 1.54) is 17.8 Å². The van der Waals surface area contributed by atoms with Crippen molar-refractivity contribution < 1.29 is 0 Å². The molecule has 78 valence electrons. The Hall–Kier alpha value is -0.990. The second-order valence-electron chi connectivity index (χ2n) is 4.32. The van der Waals surface area contributed by atoms with E-state index >= 15 is 0 Å². The van der Waals surface area contributed by atoms with Gasteiger partial charge in [0, 0.05) is 17.8 Å². The molecule has 3 nitrogen and oxygen atoms in total. The molecule has 3 heteroatoms. The molecule has 1 aliphatic rings. The molecule has 0 spiro atoms. The van der Waals surface area contributed by atoms with E-state index in [9.17, 15) is 0 Å². The number of aromatic nitrogens is 2. The minimum atomic E-state index is 0.545. The summed E-state index contributed by atoms with van der Waals surface area (Å²) in [6, 6.07) is 1.13. The number of imidazole rings is 1. The van der Waals surface area contributed by atoms with Crippen molar-refractivity contribution in [3.8, 4) is 0 Å². The molecule has 0 bridgehead atoms. The fraction of sp³-hybridized carbons (Fsp3) is 0.727. The number of hydrogen-bond donors (Lipinski definition) is 1. The molecule has 1 aromatic heterocycles. The van der Waals surface area contributed by atoms with Gasteiger partial charge in [0.25, 0.3) is 0 Å². The van der Waals surface area contributed by atoms with Gasteiger partial charge in [-0.3, -0.25) is 0 Å². The van der Waals surface area contributed by atoms with Crippen molar-refractivity contribution in [2.24, 2.45) is 0 Å². The largest absolute Gasteiger partial charge is 0.353 e. The van der Waals surface area contributed by atoms with Gasteiger partial charge in [0.05, 0.1) is 5.69 Å². The first-order valence-corrected chi connectivity index (χ1v) is 5.47. The highest BCUT2D eigenvalue weighted by molar-refractivity contribution is 5.37. The Kier molecular flexibility index (Phi) is 2.25. The normalized spacial score (nSPS) is 25.7. The van der Waals surface area contributed by atoms with E-state index in [-0.39, 0.29) is 0 Å². The Morgan fingerprint density at radius 2 is 2.21 bits per heavy atom. The van der Waals surface area contributed by atoms with Crippen LogP contribution in [-0.4, -0.2) is 15.6 Å². The molecule has 1 aromatic rings. The van der Waals surface area contributed by atoms with Gasteiger partial charge < -0.3 is 9.88 Å². The Bertz CT molecular complexity index is 341. The van der Waals surface area contributed by atoms with Gasteiger partial charge in [-0.05, 0) is 33.6 Å². The first kappa shape index (κ1) is 9.56. The fourth-order valence-electron chi connectivity index (χ4n) is 2.48.